The minimum absolute atomic E-state index is 0.574. The highest BCUT2D eigenvalue weighted by atomic mass is 35.5. The van der Waals surface area contributed by atoms with Gasteiger partial charge in [0.15, 0.2) is 0 Å². The number of thiophene rings is 1. The molecule has 18 heavy (non-hydrogen) atoms. The maximum atomic E-state index is 5.92. The van der Waals surface area contributed by atoms with Crippen LogP contribution < -0.4 is 4.74 Å². The van der Waals surface area contributed by atoms with Crippen molar-refractivity contribution in [3.63, 3.8) is 0 Å². The molecule has 3 rings (SSSR count). The van der Waals surface area contributed by atoms with Crippen LogP contribution in [0.25, 0.3) is 10.1 Å². The SMILES string of the molecule is Clc1cccc(OCc2csc3ccccc23)c1. The fourth-order valence-electron chi connectivity index (χ4n) is 1.86. The molecule has 0 unspecified atom stereocenters. The number of benzene rings is 2. The molecule has 1 aromatic heterocycles. The van der Waals surface area contributed by atoms with E-state index in [4.69, 9.17) is 16.3 Å². The van der Waals surface area contributed by atoms with Gasteiger partial charge < -0.3 is 4.74 Å². The van der Waals surface area contributed by atoms with Crippen molar-refractivity contribution in [2.75, 3.05) is 0 Å². The van der Waals surface area contributed by atoms with Crippen molar-refractivity contribution in [1.29, 1.82) is 0 Å². The normalized spacial score (nSPS) is 10.7. The van der Waals surface area contributed by atoms with Gasteiger partial charge in [-0.15, -0.1) is 11.3 Å². The molecule has 0 aliphatic carbocycles. The van der Waals surface area contributed by atoms with E-state index in [0.717, 1.165) is 5.75 Å². The summed E-state index contributed by atoms with van der Waals surface area (Å²) in [5, 5.41) is 4.11. The van der Waals surface area contributed by atoms with Gasteiger partial charge >= 0.3 is 0 Å². The van der Waals surface area contributed by atoms with Gasteiger partial charge in [-0.25, -0.2) is 0 Å². The van der Waals surface area contributed by atoms with Crippen molar-refractivity contribution in [2.24, 2.45) is 0 Å². The Kier molecular flexibility index (Phi) is 3.22. The minimum Gasteiger partial charge on any atom is -0.489 e. The van der Waals surface area contributed by atoms with Gasteiger partial charge in [-0.05, 0) is 35.0 Å². The predicted octanol–water partition coefficient (Wildman–Crippen LogP) is 5.13. The predicted molar refractivity (Wildman–Crippen MR) is 77.6 cm³/mol. The molecule has 2 aromatic carbocycles. The number of hydrogen-bond acceptors (Lipinski definition) is 2. The van der Waals surface area contributed by atoms with Crippen LogP contribution in [0.1, 0.15) is 5.56 Å². The number of halogens is 1. The molecule has 1 heterocycles. The molecule has 0 saturated heterocycles. The van der Waals surface area contributed by atoms with E-state index in [1.54, 1.807) is 11.3 Å². The first-order valence-electron chi connectivity index (χ1n) is 5.66. The highest BCUT2D eigenvalue weighted by Gasteiger charge is 2.04. The molecule has 90 valence electrons. The zero-order valence-corrected chi connectivity index (χ0v) is 11.2. The first-order chi connectivity index (χ1) is 8.83. The van der Waals surface area contributed by atoms with Crippen LogP contribution >= 0.6 is 22.9 Å². The topological polar surface area (TPSA) is 9.23 Å². The van der Waals surface area contributed by atoms with Crippen molar-refractivity contribution < 1.29 is 4.74 Å². The Bertz CT molecular complexity index is 675. The van der Waals surface area contributed by atoms with Crippen molar-refractivity contribution in [3.05, 3.63) is 64.5 Å². The first kappa shape index (κ1) is 11.6. The molecular weight excluding hydrogens is 264 g/mol. The third-order valence-electron chi connectivity index (χ3n) is 2.75. The van der Waals surface area contributed by atoms with E-state index < -0.39 is 0 Å². The van der Waals surface area contributed by atoms with Crippen LogP contribution in [0.15, 0.2) is 53.9 Å². The Hall–Kier alpha value is -1.51. The van der Waals surface area contributed by atoms with Crippen LogP contribution in [0.5, 0.6) is 5.75 Å². The van der Waals surface area contributed by atoms with E-state index in [1.165, 1.54) is 15.6 Å². The second-order valence-corrected chi connectivity index (χ2v) is 5.35. The van der Waals surface area contributed by atoms with E-state index in [0.29, 0.717) is 11.6 Å². The Morgan fingerprint density at radius 1 is 1.06 bits per heavy atom. The maximum absolute atomic E-state index is 5.92. The molecule has 0 amide bonds. The molecule has 0 fully saturated rings. The summed E-state index contributed by atoms with van der Waals surface area (Å²) in [7, 11) is 0. The van der Waals surface area contributed by atoms with E-state index in [-0.39, 0.29) is 0 Å². The van der Waals surface area contributed by atoms with Gasteiger partial charge in [0.25, 0.3) is 0 Å². The lowest BCUT2D eigenvalue weighted by Crippen LogP contribution is -1.93. The molecule has 0 spiro atoms. The summed E-state index contributed by atoms with van der Waals surface area (Å²) in [4.78, 5) is 0. The van der Waals surface area contributed by atoms with Crippen molar-refractivity contribution in [3.8, 4) is 5.75 Å². The Balaban J connectivity index is 1.81. The zero-order chi connectivity index (χ0) is 12.4. The van der Waals surface area contributed by atoms with Gasteiger partial charge in [0, 0.05) is 15.3 Å². The fourth-order valence-corrected chi connectivity index (χ4v) is 2.99. The van der Waals surface area contributed by atoms with E-state index in [1.807, 2.05) is 24.3 Å². The Morgan fingerprint density at radius 3 is 2.83 bits per heavy atom. The van der Waals surface area contributed by atoms with Crippen molar-refractivity contribution >= 4 is 33.0 Å². The lowest BCUT2D eigenvalue weighted by atomic mass is 10.2. The molecule has 0 aliphatic heterocycles. The molecule has 0 N–H and O–H groups in total. The molecule has 3 heteroatoms. The smallest absolute Gasteiger partial charge is 0.121 e. The third-order valence-corrected chi connectivity index (χ3v) is 4.00. The average molecular weight is 275 g/mol. The Morgan fingerprint density at radius 2 is 1.94 bits per heavy atom. The third kappa shape index (κ3) is 2.35. The number of ether oxygens (including phenoxy) is 1. The van der Waals surface area contributed by atoms with Gasteiger partial charge in [-0.2, -0.15) is 0 Å². The standard InChI is InChI=1S/C15H11ClOS/c16-12-4-3-5-13(8-12)17-9-11-10-18-15-7-2-1-6-14(11)15/h1-8,10H,9H2. The second kappa shape index (κ2) is 5.01. The zero-order valence-electron chi connectivity index (χ0n) is 9.60. The summed E-state index contributed by atoms with van der Waals surface area (Å²) in [6.07, 6.45) is 0. The quantitative estimate of drug-likeness (QED) is 0.643. The fraction of sp³-hybridized carbons (Fsp3) is 0.0667. The molecule has 0 saturated carbocycles. The molecule has 0 radical (unpaired) electrons. The average Bonchev–Trinajstić information content (AvgIpc) is 2.80. The van der Waals surface area contributed by atoms with Crippen LogP contribution in [0.3, 0.4) is 0 Å². The molecule has 0 bridgehead atoms. The molecule has 0 atom stereocenters. The first-order valence-corrected chi connectivity index (χ1v) is 6.92. The number of fused-ring (bicyclic) bond motifs is 1. The molecule has 1 nitrogen and oxygen atoms in total. The monoisotopic (exact) mass is 274 g/mol. The summed E-state index contributed by atoms with van der Waals surface area (Å²) in [5.74, 6) is 0.804. The van der Waals surface area contributed by atoms with Crippen molar-refractivity contribution in [2.45, 2.75) is 6.61 Å². The highest BCUT2D eigenvalue weighted by Crippen LogP contribution is 2.27. The van der Waals surface area contributed by atoms with E-state index in [9.17, 15) is 0 Å². The van der Waals surface area contributed by atoms with Crippen LogP contribution in [0.4, 0.5) is 0 Å². The summed E-state index contributed by atoms with van der Waals surface area (Å²) < 4.78 is 7.06. The summed E-state index contributed by atoms with van der Waals surface area (Å²) in [6.45, 7) is 0.574. The number of hydrogen-bond donors (Lipinski definition) is 0. The van der Waals surface area contributed by atoms with Crippen LogP contribution in [0.2, 0.25) is 5.02 Å². The van der Waals surface area contributed by atoms with Crippen molar-refractivity contribution in [1.82, 2.24) is 0 Å². The van der Waals surface area contributed by atoms with E-state index >= 15 is 0 Å². The summed E-state index contributed by atoms with van der Waals surface area (Å²) in [5.41, 5.74) is 1.22. The Labute approximate surface area is 115 Å². The largest absolute Gasteiger partial charge is 0.489 e. The van der Waals surface area contributed by atoms with Gasteiger partial charge in [0.1, 0.15) is 12.4 Å². The second-order valence-electron chi connectivity index (χ2n) is 4.00. The van der Waals surface area contributed by atoms with E-state index in [2.05, 4.69) is 29.6 Å². The van der Waals surface area contributed by atoms with Gasteiger partial charge in [0.05, 0.1) is 0 Å². The lowest BCUT2D eigenvalue weighted by Gasteiger charge is -2.05. The highest BCUT2D eigenvalue weighted by molar-refractivity contribution is 7.17. The lowest BCUT2D eigenvalue weighted by molar-refractivity contribution is 0.308. The van der Waals surface area contributed by atoms with Crippen LogP contribution in [-0.4, -0.2) is 0 Å². The number of rotatable bonds is 3. The summed E-state index contributed by atoms with van der Waals surface area (Å²) in [6, 6.07) is 15.8. The van der Waals surface area contributed by atoms with Crippen LogP contribution in [-0.2, 0) is 6.61 Å². The maximum Gasteiger partial charge on any atom is 0.121 e. The summed E-state index contributed by atoms with van der Waals surface area (Å²) >= 11 is 7.67. The molecule has 3 aromatic rings. The molecular formula is C15H11ClOS. The minimum atomic E-state index is 0.574. The molecule has 0 aliphatic rings. The van der Waals surface area contributed by atoms with Gasteiger partial charge in [-0.1, -0.05) is 35.9 Å². The van der Waals surface area contributed by atoms with Gasteiger partial charge in [0.2, 0.25) is 0 Å². The van der Waals surface area contributed by atoms with Crippen LogP contribution in [0, 0.1) is 0 Å². The van der Waals surface area contributed by atoms with Gasteiger partial charge in [-0.3, -0.25) is 0 Å².